The van der Waals surface area contributed by atoms with Crippen molar-refractivity contribution in [3.8, 4) is 0 Å². The van der Waals surface area contributed by atoms with Crippen LogP contribution < -0.4 is 0 Å². The molecule has 0 rings (SSSR count). The van der Waals surface area contributed by atoms with Gasteiger partial charge in [-0.15, -0.1) is 0 Å². The zero-order valence-corrected chi connectivity index (χ0v) is 10.4. The Morgan fingerprint density at radius 1 is 0.667 bits per heavy atom. The van der Waals surface area contributed by atoms with Crippen LogP contribution in [0.2, 0.25) is 0 Å². The van der Waals surface area contributed by atoms with Gasteiger partial charge in [0.05, 0.1) is 0 Å². The van der Waals surface area contributed by atoms with E-state index in [1.807, 2.05) is 0 Å². The number of hydrogen-bond acceptors (Lipinski definition) is 1. The Labute approximate surface area is 91.0 Å². The molecule has 0 N–H and O–H groups in total. The van der Waals surface area contributed by atoms with Crippen molar-refractivity contribution in [3.63, 3.8) is 0 Å². The van der Waals surface area contributed by atoms with E-state index in [4.69, 9.17) is 0 Å². The second kappa shape index (κ2) is 11.8. The van der Waals surface area contributed by atoms with Crippen LogP contribution in [0.4, 0.5) is 0 Å². The van der Waals surface area contributed by atoms with Crippen LogP contribution in [0.3, 0.4) is 0 Å². The van der Waals surface area contributed by atoms with Gasteiger partial charge in [-0.05, 0) is 18.6 Å². The van der Waals surface area contributed by atoms with E-state index in [-0.39, 0.29) is 0 Å². The average Bonchev–Trinajstić information content (AvgIpc) is 2.10. The Balaban J connectivity index is 2.73. The topological polar surface area (TPSA) is 0 Å². The second-order valence-corrected chi connectivity index (χ2v) is 4.48. The first kappa shape index (κ1) is 12.8. The number of unbranched alkanes of at least 4 members (excludes halogenated alkanes) is 7. The van der Waals surface area contributed by atoms with Crippen LogP contribution in [0.1, 0.15) is 51.4 Å². The van der Waals surface area contributed by atoms with E-state index < -0.39 is 0 Å². The third kappa shape index (κ3) is 10.8. The molecule has 74 valence electrons. The van der Waals surface area contributed by atoms with Crippen molar-refractivity contribution in [2.45, 2.75) is 51.4 Å². The lowest BCUT2D eigenvalue weighted by atomic mass is 10.1. The standard InChI is InChI=1S/C10H21BrS/c11-9-7-5-3-1-2-4-6-8-10-12/h12H,1-10H2. The molecule has 0 radical (unpaired) electrons. The second-order valence-electron chi connectivity index (χ2n) is 3.24. The van der Waals surface area contributed by atoms with Crippen LogP contribution in [-0.2, 0) is 0 Å². The highest BCUT2D eigenvalue weighted by atomic mass is 79.9. The molecule has 0 fully saturated rings. The molecule has 0 aliphatic heterocycles. The van der Waals surface area contributed by atoms with Crippen molar-refractivity contribution in [1.29, 1.82) is 0 Å². The van der Waals surface area contributed by atoms with Gasteiger partial charge in [0.15, 0.2) is 0 Å². The molecule has 0 aliphatic carbocycles. The predicted octanol–water partition coefficient (Wildman–Crippen LogP) is 4.43. The normalized spacial score (nSPS) is 10.5. The number of hydrogen-bond donors (Lipinski definition) is 1. The first-order valence-electron chi connectivity index (χ1n) is 5.08. The maximum absolute atomic E-state index is 4.19. The minimum atomic E-state index is 1.06. The Morgan fingerprint density at radius 3 is 1.50 bits per heavy atom. The van der Waals surface area contributed by atoms with E-state index in [1.54, 1.807) is 0 Å². The Morgan fingerprint density at radius 2 is 1.08 bits per heavy atom. The number of alkyl halides is 1. The van der Waals surface area contributed by atoms with E-state index >= 15 is 0 Å². The fraction of sp³-hybridized carbons (Fsp3) is 1.00. The van der Waals surface area contributed by atoms with Gasteiger partial charge in [0, 0.05) is 5.33 Å². The number of halogens is 1. The molecule has 0 amide bonds. The molecule has 0 nitrogen and oxygen atoms in total. The van der Waals surface area contributed by atoms with Gasteiger partial charge < -0.3 is 0 Å². The highest BCUT2D eigenvalue weighted by Gasteiger charge is 1.90. The van der Waals surface area contributed by atoms with E-state index in [1.165, 1.54) is 56.7 Å². The monoisotopic (exact) mass is 252 g/mol. The van der Waals surface area contributed by atoms with Crippen molar-refractivity contribution < 1.29 is 0 Å². The predicted molar refractivity (Wildman–Crippen MR) is 64.6 cm³/mol. The van der Waals surface area contributed by atoms with Crippen LogP contribution in [0.5, 0.6) is 0 Å². The summed E-state index contributed by atoms with van der Waals surface area (Å²) in [6, 6.07) is 0. The van der Waals surface area contributed by atoms with Gasteiger partial charge in [0.2, 0.25) is 0 Å². The third-order valence-corrected chi connectivity index (χ3v) is 2.92. The minimum Gasteiger partial charge on any atom is -0.179 e. The minimum absolute atomic E-state index is 1.06. The van der Waals surface area contributed by atoms with Gasteiger partial charge in [0.25, 0.3) is 0 Å². The van der Waals surface area contributed by atoms with Crippen molar-refractivity contribution in [2.75, 3.05) is 11.1 Å². The Hall–Kier alpha value is 0.830. The molecule has 0 aromatic heterocycles. The molecule has 2 heteroatoms. The van der Waals surface area contributed by atoms with Crippen molar-refractivity contribution in [1.82, 2.24) is 0 Å². The van der Waals surface area contributed by atoms with Gasteiger partial charge in [-0.1, -0.05) is 54.5 Å². The molecule has 0 unspecified atom stereocenters. The molecule has 0 aromatic carbocycles. The van der Waals surface area contributed by atoms with E-state index in [2.05, 4.69) is 28.6 Å². The molecule has 0 bridgehead atoms. The molecule has 0 saturated heterocycles. The van der Waals surface area contributed by atoms with E-state index in [0.29, 0.717) is 0 Å². The van der Waals surface area contributed by atoms with Crippen LogP contribution in [0.25, 0.3) is 0 Å². The Bertz CT molecular complexity index is 66.2. The quantitative estimate of drug-likeness (QED) is 0.351. The molecule has 0 heterocycles. The summed E-state index contributed by atoms with van der Waals surface area (Å²) in [5, 5.41) is 1.17. The lowest BCUT2D eigenvalue weighted by molar-refractivity contribution is 0.588. The summed E-state index contributed by atoms with van der Waals surface area (Å²) in [5.41, 5.74) is 0. The molecule has 0 atom stereocenters. The summed E-state index contributed by atoms with van der Waals surface area (Å²) in [4.78, 5) is 0. The molecule has 0 saturated carbocycles. The fourth-order valence-corrected chi connectivity index (χ4v) is 1.89. The van der Waals surface area contributed by atoms with Gasteiger partial charge in [-0.2, -0.15) is 12.6 Å². The summed E-state index contributed by atoms with van der Waals surface area (Å²) in [6.45, 7) is 0. The van der Waals surface area contributed by atoms with Crippen LogP contribution >= 0.6 is 28.6 Å². The highest BCUT2D eigenvalue weighted by Crippen LogP contribution is 2.09. The van der Waals surface area contributed by atoms with Crippen molar-refractivity contribution in [3.05, 3.63) is 0 Å². The first-order chi connectivity index (χ1) is 5.91. The zero-order valence-electron chi connectivity index (χ0n) is 7.90. The van der Waals surface area contributed by atoms with Crippen LogP contribution in [0.15, 0.2) is 0 Å². The van der Waals surface area contributed by atoms with E-state index in [9.17, 15) is 0 Å². The molecular formula is C10H21BrS. The summed E-state index contributed by atoms with van der Waals surface area (Å²) in [5.74, 6) is 1.06. The molecule has 0 aliphatic rings. The van der Waals surface area contributed by atoms with Crippen LogP contribution in [0, 0.1) is 0 Å². The smallest absolute Gasteiger partial charge is 0.00313 e. The molecule has 0 spiro atoms. The maximum atomic E-state index is 4.19. The SMILES string of the molecule is SCCCCCCCCCCBr. The van der Waals surface area contributed by atoms with Gasteiger partial charge in [-0.25, -0.2) is 0 Å². The van der Waals surface area contributed by atoms with Crippen molar-refractivity contribution >= 4 is 28.6 Å². The summed E-state index contributed by atoms with van der Waals surface area (Å²) >= 11 is 7.63. The Kier molecular flexibility index (Phi) is 12.6. The summed E-state index contributed by atoms with van der Waals surface area (Å²) < 4.78 is 0. The zero-order chi connectivity index (χ0) is 9.07. The van der Waals surface area contributed by atoms with Gasteiger partial charge >= 0.3 is 0 Å². The van der Waals surface area contributed by atoms with Gasteiger partial charge in [-0.3, -0.25) is 0 Å². The summed E-state index contributed by atoms with van der Waals surface area (Å²) in [7, 11) is 0. The lowest BCUT2D eigenvalue weighted by Gasteiger charge is -1.99. The summed E-state index contributed by atoms with van der Waals surface area (Å²) in [6.07, 6.45) is 11.1. The third-order valence-electron chi connectivity index (χ3n) is 2.04. The van der Waals surface area contributed by atoms with Crippen molar-refractivity contribution in [2.24, 2.45) is 0 Å². The average molecular weight is 253 g/mol. The number of thiol groups is 1. The first-order valence-corrected chi connectivity index (χ1v) is 6.84. The lowest BCUT2D eigenvalue weighted by Crippen LogP contribution is -1.82. The number of rotatable bonds is 9. The fourth-order valence-electron chi connectivity index (χ4n) is 1.27. The van der Waals surface area contributed by atoms with E-state index in [0.717, 1.165) is 5.75 Å². The van der Waals surface area contributed by atoms with Crippen LogP contribution in [-0.4, -0.2) is 11.1 Å². The largest absolute Gasteiger partial charge is 0.179 e. The molecule has 0 aromatic rings. The maximum Gasteiger partial charge on any atom is 0.00313 e. The van der Waals surface area contributed by atoms with Gasteiger partial charge in [0.1, 0.15) is 0 Å². The molecular weight excluding hydrogens is 232 g/mol. The molecule has 12 heavy (non-hydrogen) atoms. The highest BCUT2D eigenvalue weighted by molar-refractivity contribution is 9.09.